The highest BCUT2D eigenvalue weighted by Crippen LogP contribution is 2.40. The minimum absolute atomic E-state index is 0.00197. The van der Waals surface area contributed by atoms with E-state index in [-0.39, 0.29) is 17.0 Å². The van der Waals surface area contributed by atoms with Gasteiger partial charge < -0.3 is 5.11 Å². The fourth-order valence-electron chi connectivity index (χ4n) is 5.28. The lowest BCUT2D eigenvalue weighted by molar-refractivity contribution is -0.0111. The molecule has 0 amide bonds. The van der Waals surface area contributed by atoms with E-state index < -0.39 is 11.5 Å². The Morgan fingerprint density at radius 3 is 1.61 bits per heavy atom. The van der Waals surface area contributed by atoms with E-state index in [0.717, 1.165) is 29.5 Å². The molecular formula is C30H42O3. The third kappa shape index (κ3) is 4.99. The molecule has 0 saturated heterocycles. The van der Waals surface area contributed by atoms with Gasteiger partial charge in [0.05, 0.1) is 5.60 Å². The van der Waals surface area contributed by atoms with Crippen LogP contribution in [0.15, 0.2) is 36.4 Å². The first-order chi connectivity index (χ1) is 15.5. The summed E-state index contributed by atoms with van der Waals surface area (Å²) in [4.78, 5) is 25.6. The molecule has 0 aromatic heterocycles. The van der Waals surface area contributed by atoms with Crippen LogP contribution in [0, 0.1) is 19.8 Å². The van der Waals surface area contributed by atoms with Crippen LogP contribution in [-0.4, -0.2) is 22.3 Å². The predicted molar refractivity (Wildman–Crippen MR) is 137 cm³/mol. The summed E-state index contributed by atoms with van der Waals surface area (Å²) < 4.78 is 0. The summed E-state index contributed by atoms with van der Waals surface area (Å²) in [6, 6.07) is 12.4. The Hall–Kier alpha value is -2.26. The molecule has 1 atom stereocenters. The molecule has 3 nitrogen and oxygen atoms in total. The number of aryl methyl sites for hydroxylation is 2. The van der Waals surface area contributed by atoms with E-state index in [1.807, 2.05) is 53.7 Å². The average molecular weight is 451 g/mol. The third-order valence-electron chi connectivity index (χ3n) is 8.08. The van der Waals surface area contributed by atoms with Crippen molar-refractivity contribution in [3.8, 4) is 0 Å². The summed E-state index contributed by atoms with van der Waals surface area (Å²) in [7, 11) is 0. The molecule has 0 aliphatic heterocycles. The van der Waals surface area contributed by atoms with Crippen LogP contribution in [-0.2, 0) is 5.41 Å². The van der Waals surface area contributed by atoms with Gasteiger partial charge in [0.25, 0.3) is 0 Å². The van der Waals surface area contributed by atoms with Gasteiger partial charge in [-0.25, -0.2) is 0 Å². The highest BCUT2D eigenvalue weighted by atomic mass is 16.3. The number of rotatable bonds is 11. The molecule has 0 heterocycles. The highest BCUT2D eigenvalue weighted by Gasteiger charge is 2.37. The molecule has 2 aromatic rings. The van der Waals surface area contributed by atoms with Crippen LogP contribution < -0.4 is 0 Å². The Morgan fingerprint density at radius 2 is 1.24 bits per heavy atom. The van der Waals surface area contributed by atoms with Crippen LogP contribution >= 0.6 is 0 Å². The van der Waals surface area contributed by atoms with Crippen molar-refractivity contribution in [1.29, 1.82) is 0 Å². The van der Waals surface area contributed by atoms with Crippen molar-refractivity contribution in [2.45, 2.75) is 98.5 Å². The van der Waals surface area contributed by atoms with Crippen LogP contribution in [0.1, 0.15) is 117 Å². The Kier molecular flexibility index (Phi) is 8.81. The molecule has 180 valence electrons. The first-order valence-electron chi connectivity index (χ1n) is 12.6. The molecule has 0 saturated carbocycles. The number of Topliss-reactive ketones (excluding diaryl/α,β-unsaturated/α-hetero) is 2. The first kappa shape index (κ1) is 27.0. The molecule has 0 radical (unpaired) electrons. The fourth-order valence-corrected chi connectivity index (χ4v) is 5.28. The van der Waals surface area contributed by atoms with Gasteiger partial charge in [-0.05, 0) is 61.8 Å². The van der Waals surface area contributed by atoms with Crippen molar-refractivity contribution in [3.63, 3.8) is 0 Å². The molecule has 0 bridgehead atoms. The summed E-state index contributed by atoms with van der Waals surface area (Å²) in [5.41, 5.74) is 4.67. The number of benzene rings is 2. The van der Waals surface area contributed by atoms with Crippen molar-refractivity contribution in [3.05, 3.63) is 69.8 Å². The summed E-state index contributed by atoms with van der Waals surface area (Å²) in [6.45, 7) is 16.0. The summed E-state index contributed by atoms with van der Waals surface area (Å²) in [6.07, 6.45) is 3.44. The van der Waals surface area contributed by atoms with E-state index in [4.69, 9.17) is 0 Å². The highest BCUT2D eigenvalue weighted by molar-refractivity contribution is 5.99. The smallest absolute Gasteiger partial charge is 0.168 e. The SMILES string of the molecule is CCC(=O)c1ccc(C(CC)(CC)c2ccc(C(=O)C(C)C(O)(CC)CC)c(C)c2)cc1C. The Labute approximate surface area is 200 Å². The largest absolute Gasteiger partial charge is 0.389 e. The molecule has 0 fully saturated rings. The zero-order chi connectivity index (χ0) is 25.0. The number of hydrogen-bond donors (Lipinski definition) is 1. The monoisotopic (exact) mass is 450 g/mol. The van der Waals surface area contributed by atoms with Gasteiger partial charge in [-0.2, -0.15) is 0 Å². The average Bonchev–Trinajstić information content (AvgIpc) is 2.83. The van der Waals surface area contributed by atoms with Gasteiger partial charge in [0.2, 0.25) is 0 Å². The Balaban J connectivity index is 2.53. The summed E-state index contributed by atoms with van der Waals surface area (Å²) in [5.74, 6) is -0.280. The molecule has 33 heavy (non-hydrogen) atoms. The summed E-state index contributed by atoms with van der Waals surface area (Å²) in [5, 5.41) is 10.9. The number of hydrogen-bond acceptors (Lipinski definition) is 3. The van der Waals surface area contributed by atoms with Gasteiger partial charge in [-0.3, -0.25) is 9.59 Å². The van der Waals surface area contributed by atoms with Crippen LogP contribution in [0.5, 0.6) is 0 Å². The molecule has 3 heteroatoms. The maximum Gasteiger partial charge on any atom is 0.168 e. The zero-order valence-corrected chi connectivity index (χ0v) is 21.8. The van der Waals surface area contributed by atoms with Crippen LogP contribution in [0.4, 0.5) is 0 Å². The fraction of sp³-hybridized carbons (Fsp3) is 0.533. The third-order valence-corrected chi connectivity index (χ3v) is 8.08. The number of ketones is 2. The van der Waals surface area contributed by atoms with Crippen molar-refractivity contribution in [2.75, 3.05) is 0 Å². The maximum absolute atomic E-state index is 13.3. The van der Waals surface area contributed by atoms with Gasteiger partial charge in [0.15, 0.2) is 11.6 Å². The van der Waals surface area contributed by atoms with Crippen molar-refractivity contribution in [2.24, 2.45) is 5.92 Å². The van der Waals surface area contributed by atoms with Gasteiger partial charge in [0, 0.05) is 28.9 Å². The first-order valence-corrected chi connectivity index (χ1v) is 12.6. The second kappa shape index (κ2) is 10.8. The maximum atomic E-state index is 13.3. The van der Waals surface area contributed by atoms with E-state index >= 15 is 0 Å². The van der Waals surface area contributed by atoms with Crippen molar-refractivity contribution in [1.82, 2.24) is 0 Å². The molecule has 1 N–H and O–H groups in total. The molecule has 1 unspecified atom stereocenters. The molecule has 0 aliphatic carbocycles. The normalized spacial score (nSPS) is 13.1. The Bertz CT molecular complexity index is 994. The van der Waals surface area contributed by atoms with E-state index in [2.05, 4.69) is 38.1 Å². The lowest BCUT2D eigenvalue weighted by Crippen LogP contribution is -2.39. The Morgan fingerprint density at radius 1 is 0.788 bits per heavy atom. The molecule has 2 rings (SSSR count). The second-order valence-corrected chi connectivity index (χ2v) is 9.52. The molecule has 0 aliphatic rings. The van der Waals surface area contributed by atoms with E-state index in [1.54, 1.807) is 0 Å². The van der Waals surface area contributed by atoms with Crippen molar-refractivity contribution >= 4 is 11.6 Å². The van der Waals surface area contributed by atoms with Gasteiger partial charge >= 0.3 is 0 Å². The van der Waals surface area contributed by atoms with E-state index in [1.165, 1.54) is 11.1 Å². The van der Waals surface area contributed by atoms with Gasteiger partial charge in [0.1, 0.15) is 0 Å². The molecule has 2 aromatic carbocycles. The standard InChI is InChI=1S/C30H42O3/c1-9-27(31)25-16-14-23(18-20(25)6)29(10-2,11-3)24-15-17-26(21(7)19-24)28(32)22(8)30(33,12-4)13-5/h14-19,22,33H,9-13H2,1-8H3. The quantitative estimate of drug-likeness (QED) is 0.364. The lowest BCUT2D eigenvalue weighted by atomic mass is 9.69. The zero-order valence-electron chi connectivity index (χ0n) is 21.8. The van der Waals surface area contributed by atoms with Gasteiger partial charge in [-0.1, -0.05) is 77.9 Å². The number of carbonyl (C=O) groups is 2. The van der Waals surface area contributed by atoms with E-state index in [0.29, 0.717) is 24.8 Å². The van der Waals surface area contributed by atoms with Crippen LogP contribution in [0.3, 0.4) is 0 Å². The lowest BCUT2D eigenvalue weighted by Gasteiger charge is -2.35. The van der Waals surface area contributed by atoms with Gasteiger partial charge in [-0.15, -0.1) is 0 Å². The number of carbonyl (C=O) groups excluding carboxylic acids is 2. The molecular weight excluding hydrogens is 408 g/mol. The summed E-state index contributed by atoms with van der Waals surface area (Å²) >= 11 is 0. The number of aliphatic hydroxyl groups is 1. The minimum Gasteiger partial charge on any atom is -0.389 e. The van der Waals surface area contributed by atoms with Crippen molar-refractivity contribution < 1.29 is 14.7 Å². The molecule has 0 spiro atoms. The predicted octanol–water partition coefficient (Wildman–Crippen LogP) is 7.37. The van der Waals surface area contributed by atoms with E-state index in [9.17, 15) is 14.7 Å². The second-order valence-electron chi connectivity index (χ2n) is 9.52. The van der Waals surface area contributed by atoms with Crippen LogP contribution in [0.2, 0.25) is 0 Å². The van der Waals surface area contributed by atoms with Crippen LogP contribution in [0.25, 0.3) is 0 Å². The minimum atomic E-state index is -0.978. The topological polar surface area (TPSA) is 54.4 Å².